The molecule has 0 bridgehead atoms. The monoisotopic (exact) mass is 289 g/mol. The van der Waals surface area contributed by atoms with Crippen LogP contribution < -0.4 is 10.6 Å². The predicted octanol–water partition coefficient (Wildman–Crippen LogP) is 2.20. The Morgan fingerprint density at radius 1 is 1.40 bits per heavy atom. The van der Waals surface area contributed by atoms with Crippen LogP contribution in [0.5, 0.6) is 0 Å². The van der Waals surface area contributed by atoms with Gasteiger partial charge in [0.25, 0.3) is 0 Å². The van der Waals surface area contributed by atoms with E-state index in [1.54, 1.807) is 4.90 Å². The molecular formula is C13H18F3N3O. The highest BCUT2D eigenvalue weighted by Crippen LogP contribution is 2.34. The van der Waals surface area contributed by atoms with Crippen LogP contribution in [0.2, 0.25) is 0 Å². The minimum Gasteiger partial charge on any atom is -0.395 e. The number of rotatable bonds is 5. The smallest absolute Gasteiger partial charge is 0.395 e. The number of aliphatic hydroxyl groups is 1. The summed E-state index contributed by atoms with van der Waals surface area (Å²) in [6.45, 7) is 3.90. The van der Waals surface area contributed by atoms with Crippen molar-refractivity contribution >= 4 is 11.5 Å². The van der Waals surface area contributed by atoms with E-state index in [1.807, 2.05) is 13.8 Å². The van der Waals surface area contributed by atoms with Crippen LogP contribution >= 0.6 is 0 Å². The van der Waals surface area contributed by atoms with Crippen molar-refractivity contribution in [2.45, 2.75) is 26.1 Å². The largest absolute Gasteiger partial charge is 0.417 e. The fourth-order valence-corrected chi connectivity index (χ4v) is 1.97. The molecule has 0 amide bonds. The molecule has 0 unspecified atom stereocenters. The summed E-state index contributed by atoms with van der Waals surface area (Å²) in [5, 5.41) is 16.3. The number of hydrogen-bond acceptors (Lipinski definition) is 3. The van der Waals surface area contributed by atoms with Crippen molar-refractivity contribution in [3.05, 3.63) is 29.3 Å². The Bertz CT molecular complexity index is 486. The summed E-state index contributed by atoms with van der Waals surface area (Å²) >= 11 is 0. The minimum atomic E-state index is -4.56. The summed E-state index contributed by atoms with van der Waals surface area (Å²) in [5.74, 6) is -0.633. The first-order valence-corrected chi connectivity index (χ1v) is 6.11. The Morgan fingerprint density at radius 3 is 2.40 bits per heavy atom. The third-order valence-electron chi connectivity index (χ3n) is 2.89. The van der Waals surface area contributed by atoms with Gasteiger partial charge in [0.2, 0.25) is 0 Å². The number of anilines is 1. The Hall–Kier alpha value is -1.76. The van der Waals surface area contributed by atoms with Crippen molar-refractivity contribution in [3.8, 4) is 0 Å². The maximum Gasteiger partial charge on any atom is 0.417 e. The molecule has 0 atom stereocenters. The number of benzene rings is 1. The Morgan fingerprint density at radius 2 is 2.00 bits per heavy atom. The van der Waals surface area contributed by atoms with Gasteiger partial charge in [0, 0.05) is 23.8 Å². The Labute approximate surface area is 115 Å². The lowest BCUT2D eigenvalue weighted by Gasteiger charge is -2.29. The number of alkyl halides is 3. The zero-order valence-electron chi connectivity index (χ0n) is 11.3. The van der Waals surface area contributed by atoms with E-state index in [-0.39, 0.29) is 18.2 Å². The van der Waals surface area contributed by atoms with Gasteiger partial charge in [-0.15, -0.1) is 0 Å². The Balaban J connectivity index is 3.32. The molecule has 0 aromatic heterocycles. The van der Waals surface area contributed by atoms with Crippen LogP contribution in [0.25, 0.3) is 0 Å². The molecule has 0 radical (unpaired) electrons. The van der Waals surface area contributed by atoms with Gasteiger partial charge in [-0.2, -0.15) is 13.2 Å². The van der Waals surface area contributed by atoms with E-state index in [9.17, 15) is 13.2 Å². The number of amidine groups is 1. The van der Waals surface area contributed by atoms with Gasteiger partial charge in [-0.3, -0.25) is 5.41 Å². The van der Waals surface area contributed by atoms with Crippen molar-refractivity contribution in [1.82, 2.24) is 0 Å². The normalized spacial score (nSPS) is 11.8. The first-order chi connectivity index (χ1) is 9.18. The summed E-state index contributed by atoms with van der Waals surface area (Å²) in [4.78, 5) is 1.74. The topological polar surface area (TPSA) is 73.3 Å². The lowest BCUT2D eigenvalue weighted by Crippen LogP contribution is -2.33. The number of nitrogens with two attached hydrogens (primary N) is 1. The van der Waals surface area contributed by atoms with Crippen LogP contribution in [-0.2, 0) is 6.18 Å². The summed E-state index contributed by atoms with van der Waals surface area (Å²) in [6, 6.07) is 3.48. The summed E-state index contributed by atoms with van der Waals surface area (Å²) in [5.41, 5.74) is 4.46. The molecule has 20 heavy (non-hydrogen) atoms. The first kappa shape index (κ1) is 16.3. The van der Waals surface area contributed by atoms with Crippen molar-refractivity contribution in [2.24, 2.45) is 5.73 Å². The molecule has 1 aromatic rings. The molecule has 0 fully saturated rings. The van der Waals surface area contributed by atoms with E-state index in [4.69, 9.17) is 16.2 Å². The second-order valence-electron chi connectivity index (χ2n) is 4.65. The molecule has 4 N–H and O–H groups in total. The lowest BCUT2D eigenvalue weighted by atomic mass is 10.0. The zero-order valence-corrected chi connectivity index (χ0v) is 11.3. The van der Waals surface area contributed by atoms with E-state index < -0.39 is 17.6 Å². The van der Waals surface area contributed by atoms with Gasteiger partial charge in [0.1, 0.15) is 5.84 Å². The van der Waals surface area contributed by atoms with E-state index >= 15 is 0 Å². The van der Waals surface area contributed by atoms with Crippen LogP contribution in [0.4, 0.5) is 18.9 Å². The van der Waals surface area contributed by atoms with Crippen LogP contribution in [0.3, 0.4) is 0 Å². The van der Waals surface area contributed by atoms with Gasteiger partial charge in [0.15, 0.2) is 0 Å². The van der Waals surface area contributed by atoms with Gasteiger partial charge >= 0.3 is 6.18 Å². The summed E-state index contributed by atoms with van der Waals surface area (Å²) in [6.07, 6.45) is -4.56. The molecule has 1 rings (SSSR count). The highest BCUT2D eigenvalue weighted by molar-refractivity contribution is 5.97. The standard InChI is InChI=1S/C13H18F3N3O/c1-8(2)19(5-6-20)9-3-4-11(13(14,15)16)10(7-9)12(17)18/h3-4,7-8,20H,5-6H2,1-2H3,(H3,17,18). The second-order valence-corrected chi connectivity index (χ2v) is 4.65. The summed E-state index contributed by atoms with van der Waals surface area (Å²) in [7, 11) is 0. The molecule has 0 spiro atoms. The van der Waals surface area contributed by atoms with Crippen molar-refractivity contribution in [3.63, 3.8) is 0 Å². The van der Waals surface area contributed by atoms with Crippen molar-refractivity contribution in [2.75, 3.05) is 18.1 Å². The molecular weight excluding hydrogens is 271 g/mol. The van der Waals surface area contributed by atoms with Gasteiger partial charge in [0.05, 0.1) is 12.2 Å². The van der Waals surface area contributed by atoms with Crippen molar-refractivity contribution < 1.29 is 18.3 Å². The molecule has 0 saturated carbocycles. The van der Waals surface area contributed by atoms with E-state index in [2.05, 4.69) is 0 Å². The van der Waals surface area contributed by atoms with Crippen molar-refractivity contribution in [1.29, 1.82) is 5.41 Å². The molecule has 7 heteroatoms. The predicted molar refractivity (Wildman–Crippen MR) is 72.0 cm³/mol. The molecule has 0 aliphatic heterocycles. The van der Waals surface area contributed by atoms with Crippen LogP contribution in [0.1, 0.15) is 25.0 Å². The summed E-state index contributed by atoms with van der Waals surface area (Å²) < 4.78 is 38.5. The third-order valence-corrected chi connectivity index (χ3v) is 2.89. The number of nitrogens with zero attached hydrogens (tertiary/aromatic N) is 1. The molecule has 0 heterocycles. The molecule has 0 saturated heterocycles. The van der Waals surface area contributed by atoms with Crippen LogP contribution in [-0.4, -0.2) is 30.1 Å². The number of nitrogen functional groups attached to an aromatic ring is 1. The molecule has 112 valence electrons. The van der Waals surface area contributed by atoms with Gasteiger partial charge in [-0.05, 0) is 32.0 Å². The van der Waals surface area contributed by atoms with Gasteiger partial charge < -0.3 is 15.7 Å². The maximum atomic E-state index is 12.8. The average molecular weight is 289 g/mol. The fourth-order valence-electron chi connectivity index (χ4n) is 1.97. The SMILES string of the molecule is CC(C)N(CCO)c1ccc(C(F)(F)F)c(C(=N)N)c1. The quantitative estimate of drug-likeness (QED) is 0.574. The van der Waals surface area contributed by atoms with E-state index in [1.165, 1.54) is 12.1 Å². The second kappa shape index (κ2) is 6.13. The number of nitrogens with one attached hydrogen (secondary N) is 1. The first-order valence-electron chi connectivity index (χ1n) is 6.11. The average Bonchev–Trinajstić information content (AvgIpc) is 2.33. The third kappa shape index (κ3) is 3.63. The highest BCUT2D eigenvalue weighted by atomic mass is 19.4. The molecule has 0 aliphatic carbocycles. The number of halogens is 3. The molecule has 1 aromatic carbocycles. The van der Waals surface area contributed by atoms with Crippen LogP contribution in [0.15, 0.2) is 18.2 Å². The van der Waals surface area contributed by atoms with E-state index in [0.717, 1.165) is 6.07 Å². The van der Waals surface area contributed by atoms with Crippen LogP contribution in [0, 0.1) is 5.41 Å². The Kier molecular flexibility index (Phi) is 4.99. The molecule has 0 aliphatic rings. The highest BCUT2D eigenvalue weighted by Gasteiger charge is 2.34. The molecule has 4 nitrogen and oxygen atoms in total. The minimum absolute atomic E-state index is 0.00121. The number of hydrogen-bond donors (Lipinski definition) is 3. The number of aliphatic hydroxyl groups excluding tert-OH is 1. The van der Waals surface area contributed by atoms with Gasteiger partial charge in [-0.25, -0.2) is 0 Å². The zero-order chi connectivity index (χ0) is 15.5. The van der Waals surface area contributed by atoms with Gasteiger partial charge in [-0.1, -0.05) is 0 Å². The lowest BCUT2D eigenvalue weighted by molar-refractivity contribution is -0.137. The maximum absolute atomic E-state index is 12.8. The van der Waals surface area contributed by atoms with E-state index in [0.29, 0.717) is 12.2 Å². The fraction of sp³-hybridized carbons (Fsp3) is 0.462.